The van der Waals surface area contributed by atoms with Crippen LogP contribution in [0.4, 0.5) is 0 Å². The number of hydrogen-bond acceptors (Lipinski definition) is 3. The van der Waals surface area contributed by atoms with Crippen LogP contribution in [0.15, 0.2) is 0 Å². The third-order valence-corrected chi connectivity index (χ3v) is 1.86. The number of nitrogens with two attached hydrogens (primary N) is 1. The monoisotopic (exact) mass is 130 g/mol. The first-order valence-corrected chi connectivity index (χ1v) is 3.40. The van der Waals surface area contributed by atoms with Gasteiger partial charge in [-0.2, -0.15) is 0 Å². The van der Waals surface area contributed by atoms with E-state index in [-0.39, 0.29) is 6.23 Å². The number of piperidine rings is 1. The number of hydrogen-bond donors (Lipinski definition) is 1. The molecule has 1 aliphatic rings. The van der Waals surface area contributed by atoms with Crippen molar-refractivity contribution in [3.05, 3.63) is 0 Å². The summed E-state index contributed by atoms with van der Waals surface area (Å²) >= 11 is 0. The van der Waals surface area contributed by atoms with Crippen LogP contribution in [0.2, 0.25) is 0 Å². The summed E-state index contributed by atoms with van der Waals surface area (Å²) in [6.07, 6.45) is 3.76. The lowest BCUT2D eigenvalue weighted by atomic mass is 10.1. The summed E-state index contributed by atoms with van der Waals surface area (Å²) in [6, 6.07) is 0. The van der Waals surface area contributed by atoms with E-state index in [0.29, 0.717) is 0 Å². The van der Waals surface area contributed by atoms with Gasteiger partial charge in [0.1, 0.15) is 6.23 Å². The molecular formula is C6H14N2O. The van der Waals surface area contributed by atoms with Gasteiger partial charge in [-0.15, -0.1) is 0 Å². The first kappa shape index (κ1) is 6.99. The van der Waals surface area contributed by atoms with Crippen LogP contribution in [0.3, 0.4) is 0 Å². The SMILES string of the molecule is CN1CCCCC1ON. The maximum absolute atomic E-state index is 5.05. The van der Waals surface area contributed by atoms with Crippen molar-refractivity contribution < 1.29 is 4.84 Å². The maximum Gasteiger partial charge on any atom is 0.131 e. The van der Waals surface area contributed by atoms with Gasteiger partial charge in [0.2, 0.25) is 0 Å². The summed E-state index contributed by atoms with van der Waals surface area (Å²) in [6.45, 7) is 1.11. The Labute approximate surface area is 55.7 Å². The zero-order valence-electron chi connectivity index (χ0n) is 5.84. The van der Waals surface area contributed by atoms with Crippen LogP contribution in [0.25, 0.3) is 0 Å². The van der Waals surface area contributed by atoms with Gasteiger partial charge in [-0.05, 0) is 26.3 Å². The lowest BCUT2D eigenvalue weighted by molar-refractivity contribution is -0.0694. The van der Waals surface area contributed by atoms with E-state index < -0.39 is 0 Å². The quantitative estimate of drug-likeness (QED) is 0.519. The molecule has 0 aliphatic carbocycles. The average Bonchev–Trinajstić information content (AvgIpc) is 1.89. The highest BCUT2D eigenvalue weighted by molar-refractivity contribution is 4.64. The van der Waals surface area contributed by atoms with E-state index in [1.54, 1.807) is 0 Å². The second-order valence-electron chi connectivity index (χ2n) is 2.57. The van der Waals surface area contributed by atoms with Crippen LogP contribution >= 0.6 is 0 Å². The molecule has 1 heterocycles. The van der Waals surface area contributed by atoms with Gasteiger partial charge < -0.3 is 0 Å². The Kier molecular flexibility index (Phi) is 2.45. The molecule has 1 fully saturated rings. The normalized spacial score (nSPS) is 30.7. The summed E-state index contributed by atoms with van der Waals surface area (Å²) in [5, 5.41) is 0. The number of nitrogens with zero attached hydrogens (tertiary/aromatic N) is 1. The van der Waals surface area contributed by atoms with Crippen molar-refractivity contribution >= 4 is 0 Å². The molecule has 0 spiro atoms. The molecule has 1 aliphatic heterocycles. The van der Waals surface area contributed by atoms with E-state index in [0.717, 1.165) is 13.0 Å². The molecule has 0 saturated carbocycles. The predicted molar refractivity (Wildman–Crippen MR) is 35.5 cm³/mol. The van der Waals surface area contributed by atoms with Crippen molar-refractivity contribution in [2.24, 2.45) is 5.90 Å². The van der Waals surface area contributed by atoms with Crippen LogP contribution in [-0.4, -0.2) is 24.7 Å². The van der Waals surface area contributed by atoms with E-state index >= 15 is 0 Å². The molecule has 3 nitrogen and oxygen atoms in total. The second kappa shape index (κ2) is 3.15. The summed E-state index contributed by atoms with van der Waals surface area (Å²) in [7, 11) is 2.04. The Morgan fingerprint density at radius 2 is 2.33 bits per heavy atom. The molecule has 0 bridgehead atoms. The number of rotatable bonds is 1. The minimum atomic E-state index is 0.166. The molecule has 54 valence electrons. The van der Waals surface area contributed by atoms with Crippen molar-refractivity contribution in [3.8, 4) is 0 Å². The fourth-order valence-electron chi connectivity index (χ4n) is 1.22. The predicted octanol–water partition coefficient (Wildman–Crippen LogP) is 0.319. The lowest BCUT2D eigenvalue weighted by Gasteiger charge is -2.29. The van der Waals surface area contributed by atoms with E-state index in [1.165, 1.54) is 12.8 Å². The third-order valence-electron chi connectivity index (χ3n) is 1.86. The lowest BCUT2D eigenvalue weighted by Crippen LogP contribution is -2.39. The molecule has 1 rings (SSSR count). The summed E-state index contributed by atoms with van der Waals surface area (Å²) in [4.78, 5) is 6.87. The van der Waals surface area contributed by atoms with E-state index in [9.17, 15) is 0 Å². The average molecular weight is 130 g/mol. The Bertz CT molecular complexity index is 87.1. The van der Waals surface area contributed by atoms with Crippen LogP contribution < -0.4 is 5.90 Å². The highest BCUT2D eigenvalue weighted by Gasteiger charge is 2.17. The zero-order valence-corrected chi connectivity index (χ0v) is 5.84. The highest BCUT2D eigenvalue weighted by atomic mass is 16.6. The van der Waals surface area contributed by atoms with Gasteiger partial charge in [-0.3, -0.25) is 9.74 Å². The van der Waals surface area contributed by atoms with Crippen molar-refractivity contribution in [2.75, 3.05) is 13.6 Å². The molecule has 0 aromatic rings. The zero-order chi connectivity index (χ0) is 6.69. The maximum atomic E-state index is 5.05. The standard InChI is InChI=1S/C6H14N2O/c1-8-5-3-2-4-6(8)9-7/h6H,2-5,7H2,1H3. The molecule has 1 unspecified atom stereocenters. The first-order valence-electron chi connectivity index (χ1n) is 3.40. The minimum absolute atomic E-state index is 0.166. The van der Waals surface area contributed by atoms with E-state index in [1.807, 2.05) is 7.05 Å². The fourth-order valence-corrected chi connectivity index (χ4v) is 1.22. The Balaban J connectivity index is 2.30. The highest BCUT2D eigenvalue weighted by Crippen LogP contribution is 2.13. The van der Waals surface area contributed by atoms with E-state index in [4.69, 9.17) is 10.7 Å². The van der Waals surface area contributed by atoms with Crippen molar-refractivity contribution in [3.63, 3.8) is 0 Å². The molecular weight excluding hydrogens is 116 g/mol. The smallest absolute Gasteiger partial charge is 0.131 e. The van der Waals surface area contributed by atoms with Crippen LogP contribution in [0.5, 0.6) is 0 Å². The van der Waals surface area contributed by atoms with Gasteiger partial charge in [0.25, 0.3) is 0 Å². The Morgan fingerprint density at radius 3 is 2.78 bits per heavy atom. The molecule has 2 N–H and O–H groups in total. The topological polar surface area (TPSA) is 38.5 Å². The Morgan fingerprint density at radius 1 is 1.56 bits per heavy atom. The molecule has 0 amide bonds. The van der Waals surface area contributed by atoms with Crippen LogP contribution in [-0.2, 0) is 4.84 Å². The van der Waals surface area contributed by atoms with Crippen molar-refractivity contribution in [2.45, 2.75) is 25.5 Å². The van der Waals surface area contributed by atoms with Gasteiger partial charge in [0.15, 0.2) is 0 Å². The second-order valence-corrected chi connectivity index (χ2v) is 2.57. The van der Waals surface area contributed by atoms with Gasteiger partial charge in [-0.25, -0.2) is 5.90 Å². The molecule has 1 atom stereocenters. The first-order chi connectivity index (χ1) is 4.34. The van der Waals surface area contributed by atoms with Crippen molar-refractivity contribution in [1.82, 2.24) is 4.90 Å². The molecule has 3 heteroatoms. The summed E-state index contributed by atoms with van der Waals surface area (Å²) in [5.41, 5.74) is 0. The van der Waals surface area contributed by atoms with Crippen molar-refractivity contribution in [1.29, 1.82) is 0 Å². The molecule has 0 radical (unpaired) electrons. The van der Waals surface area contributed by atoms with E-state index in [2.05, 4.69) is 4.90 Å². The van der Waals surface area contributed by atoms with Crippen LogP contribution in [0.1, 0.15) is 19.3 Å². The largest absolute Gasteiger partial charge is 0.286 e. The van der Waals surface area contributed by atoms with Gasteiger partial charge in [-0.1, -0.05) is 0 Å². The summed E-state index contributed by atoms with van der Waals surface area (Å²) < 4.78 is 0. The van der Waals surface area contributed by atoms with Crippen LogP contribution in [0, 0.1) is 0 Å². The third kappa shape index (κ3) is 1.64. The van der Waals surface area contributed by atoms with Gasteiger partial charge in [0, 0.05) is 6.54 Å². The Hall–Kier alpha value is -0.120. The number of likely N-dealkylation sites (tertiary alicyclic amines) is 1. The summed E-state index contributed by atoms with van der Waals surface area (Å²) in [5.74, 6) is 5.05. The fraction of sp³-hybridized carbons (Fsp3) is 1.00. The molecule has 0 aromatic heterocycles. The molecule has 0 aromatic carbocycles. The molecule has 9 heavy (non-hydrogen) atoms. The van der Waals surface area contributed by atoms with Gasteiger partial charge in [0.05, 0.1) is 0 Å². The minimum Gasteiger partial charge on any atom is -0.286 e. The molecule has 1 saturated heterocycles. The van der Waals surface area contributed by atoms with Gasteiger partial charge >= 0.3 is 0 Å².